The number of ether oxygens (including phenoxy) is 2. The third-order valence-electron chi connectivity index (χ3n) is 5.15. The number of rotatable bonds is 4. The minimum absolute atomic E-state index is 0.142. The van der Waals surface area contributed by atoms with E-state index in [1.54, 1.807) is 25.3 Å². The molecule has 1 unspecified atom stereocenters. The molecule has 3 aromatic rings. The summed E-state index contributed by atoms with van der Waals surface area (Å²) in [7, 11) is 3.03. The number of hydrogen-bond acceptors (Lipinski definition) is 8. The zero-order valence-corrected chi connectivity index (χ0v) is 18.3. The fraction of sp³-hybridized carbons (Fsp3) is 0.350. The molecule has 0 bridgehead atoms. The highest BCUT2D eigenvalue weighted by molar-refractivity contribution is 6.41. The van der Waals surface area contributed by atoms with Crippen molar-refractivity contribution in [2.45, 2.75) is 18.9 Å². The molecule has 30 heavy (non-hydrogen) atoms. The Morgan fingerprint density at radius 3 is 2.37 bits per heavy atom. The number of aromatic nitrogens is 3. The SMILES string of the molecule is COc1cc(OC)c(Cl)c(-c2cc3cnc(N)nc3c(N3CCC(C)(O)C3)n2)c1Cl. The molecular weight excluding hydrogens is 429 g/mol. The molecule has 158 valence electrons. The van der Waals surface area contributed by atoms with Crippen LogP contribution in [0.2, 0.25) is 10.0 Å². The first-order chi connectivity index (χ1) is 14.2. The van der Waals surface area contributed by atoms with Crippen molar-refractivity contribution in [2.24, 2.45) is 0 Å². The Morgan fingerprint density at radius 2 is 1.80 bits per heavy atom. The molecule has 0 spiro atoms. The predicted molar refractivity (Wildman–Crippen MR) is 118 cm³/mol. The van der Waals surface area contributed by atoms with Crippen molar-refractivity contribution in [3.63, 3.8) is 0 Å². The zero-order chi connectivity index (χ0) is 21.6. The van der Waals surface area contributed by atoms with Gasteiger partial charge in [-0.3, -0.25) is 0 Å². The molecular formula is C20H21Cl2N5O3. The average molecular weight is 450 g/mol. The maximum atomic E-state index is 10.5. The summed E-state index contributed by atoms with van der Waals surface area (Å²) in [6, 6.07) is 3.41. The van der Waals surface area contributed by atoms with Crippen LogP contribution in [0.5, 0.6) is 11.5 Å². The first-order valence-electron chi connectivity index (χ1n) is 9.25. The number of fused-ring (bicyclic) bond motifs is 1. The molecule has 3 N–H and O–H groups in total. The third kappa shape index (κ3) is 3.55. The number of β-amino-alcohol motifs (C(OH)–C–C–N with tert-alkyl or cyclic N) is 1. The van der Waals surface area contributed by atoms with Gasteiger partial charge in [-0.2, -0.15) is 0 Å². The molecule has 1 aliphatic heterocycles. The molecule has 0 amide bonds. The molecule has 1 atom stereocenters. The van der Waals surface area contributed by atoms with Crippen molar-refractivity contribution in [3.05, 3.63) is 28.4 Å². The number of benzene rings is 1. The number of nitrogens with two attached hydrogens (primary N) is 1. The van der Waals surface area contributed by atoms with Crippen molar-refractivity contribution in [1.29, 1.82) is 0 Å². The maximum absolute atomic E-state index is 10.5. The number of halogens is 2. The number of hydrogen-bond donors (Lipinski definition) is 2. The van der Waals surface area contributed by atoms with Gasteiger partial charge in [0, 0.05) is 36.3 Å². The van der Waals surface area contributed by atoms with E-state index in [1.807, 2.05) is 4.90 Å². The Bertz CT molecular complexity index is 1110. The Morgan fingerprint density at radius 1 is 1.13 bits per heavy atom. The van der Waals surface area contributed by atoms with Crippen LogP contribution in [0.15, 0.2) is 18.3 Å². The van der Waals surface area contributed by atoms with Crippen molar-refractivity contribution in [1.82, 2.24) is 15.0 Å². The van der Waals surface area contributed by atoms with Crippen LogP contribution in [-0.2, 0) is 0 Å². The molecule has 8 nitrogen and oxygen atoms in total. The van der Waals surface area contributed by atoms with Gasteiger partial charge in [0.1, 0.15) is 17.0 Å². The summed E-state index contributed by atoms with van der Waals surface area (Å²) < 4.78 is 10.8. The Kier molecular flexibility index (Phi) is 5.25. The first kappa shape index (κ1) is 20.7. The van der Waals surface area contributed by atoms with Gasteiger partial charge in [-0.25, -0.2) is 15.0 Å². The molecule has 0 radical (unpaired) electrons. The number of pyridine rings is 1. The molecule has 0 aliphatic carbocycles. The van der Waals surface area contributed by atoms with Crippen molar-refractivity contribution >= 4 is 45.9 Å². The van der Waals surface area contributed by atoms with E-state index in [-0.39, 0.29) is 5.95 Å². The van der Waals surface area contributed by atoms with Crippen LogP contribution in [0, 0.1) is 0 Å². The quantitative estimate of drug-likeness (QED) is 0.622. The highest BCUT2D eigenvalue weighted by Crippen LogP contribution is 2.46. The normalized spacial score (nSPS) is 18.8. The summed E-state index contributed by atoms with van der Waals surface area (Å²) >= 11 is 13.2. The average Bonchev–Trinajstić information content (AvgIpc) is 3.07. The van der Waals surface area contributed by atoms with Gasteiger partial charge in [0.15, 0.2) is 5.82 Å². The second kappa shape index (κ2) is 7.61. The van der Waals surface area contributed by atoms with Gasteiger partial charge in [0.2, 0.25) is 5.95 Å². The van der Waals surface area contributed by atoms with Crippen molar-refractivity contribution in [2.75, 3.05) is 37.9 Å². The second-order valence-electron chi connectivity index (χ2n) is 7.45. The lowest BCUT2D eigenvalue weighted by Crippen LogP contribution is -2.30. The van der Waals surface area contributed by atoms with Crippen LogP contribution in [0.1, 0.15) is 13.3 Å². The van der Waals surface area contributed by atoms with Crippen molar-refractivity contribution in [3.8, 4) is 22.8 Å². The van der Waals surface area contributed by atoms with Gasteiger partial charge in [0.05, 0.1) is 35.6 Å². The molecule has 4 rings (SSSR count). The van der Waals surface area contributed by atoms with Crippen LogP contribution in [0.3, 0.4) is 0 Å². The van der Waals surface area contributed by atoms with Crippen LogP contribution < -0.4 is 20.1 Å². The summed E-state index contributed by atoms with van der Waals surface area (Å²) in [6.07, 6.45) is 2.23. The van der Waals surface area contributed by atoms with E-state index in [1.165, 1.54) is 14.2 Å². The van der Waals surface area contributed by atoms with Gasteiger partial charge < -0.3 is 25.2 Å². The molecule has 3 heterocycles. The lowest BCUT2D eigenvalue weighted by atomic mass is 10.1. The molecule has 10 heteroatoms. The van der Waals surface area contributed by atoms with Crippen LogP contribution in [0.4, 0.5) is 11.8 Å². The van der Waals surface area contributed by atoms with Crippen molar-refractivity contribution < 1.29 is 14.6 Å². The third-order valence-corrected chi connectivity index (χ3v) is 5.90. The zero-order valence-electron chi connectivity index (χ0n) is 16.7. The Hall–Kier alpha value is -2.55. The molecule has 1 fully saturated rings. The van der Waals surface area contributed by atoms with Crippen LogP contribution >= 0.6 is 23.2 Å². The van der Waals surface area contributed by atoms with E-state index in [0.29, 0.717) is 69.0 Å². The Labute approximate surface area is 183 Å². The lowest BCUT2D eigenvalue weighted by molar-refractivity contribution is 0.0839. The Balaban J connectivity index is 1.99. The van der Waals surface area contributed by atoms with E-state index >= 15 is 0 Å². The maximum Gasteiger partial charge on any atom is 0.220 e. The van der Waals surface area contributed by atoms with Gasteiger partial charge in [-0.05, 0) is 19.4 Å². The number of nitrogen functional groups attached to an aromatic ring is 1. The van der Waals surface area contributed by atoms with Crippen LogP contribution in [-0.4, -0.2) is 53.0 Å². The van der Waals surface area contributed by atoms with E-state index in [0.717, 1.165) is 0 Å². The van der Waals surface area contributed by atoms with Crippen LogP contribution in [0.25, 0.3) is 22.2 Å². The number of anilines is 2. The summed E-state index contributed by atoms with van der Waals surface area (Å²) in [5.41, 5.74) is 6.57. The summed E-state index contributed by atoms with van der Waals surface area (Å²) in [5, 5.41) is 11.8. The predicted octanol–water partition coefficient (Wildman–Crippen LogP) is 3.56. The van der Waals surface area contributed by atoms with Gasteiger partial charge in [0.25, 0.3) is 0 Å². The topological polar surface area (TPSA) is 107 Å². The smallest absolute Gasteiger partial charge is 0.220 e. The summed E-state index contributed by atoms with van der Waals surface area (Å²) in [4.78, 5) is 15.3. The fourth-order valence-electron chi connectivity index (χ4n) is 3.62. The molecule has 2 aromatic heterocycles. The van der Waals surface area contributed by atoms with E-state index in [9.17, 15) is 5.11 Å². The summed E-state index contributed by atoms with van der Waals surface area (Å²) in [6.45, 7) is 2.82. The monoisotopic (exact) mass is 449 g/mol. The summed E-state index contributed by atoms with van der Waals surface area (Å²) in [5.74, 6) is 1.54. The highest BCUT2D eigenvalue weighted by Gasteiger charge is 2.33. The van der Waals surface area contributed by atoms with Gasteiger partial charge in [-0.15, -0.1) is 0 Å². The molecule has 1 aromatic carbocycles. The second-order valence-corrected chi connectivity index (χ2v) is 8.21. The lowest BCUT2D eigenvalue weighted by Gasteiger charge is -2.22. The van der Waals surface area contributed by atoms with E-state index in [2.05, 4.69) is 9.97 Å². The minimum Gasteiger partial charge on any atom is -0.495 e. The van der Waals surface area contributed by atoms with Gasteiger partial charge in [-0.1, -0.05) is 23.2 Å². The first-order valence-corrected chi connectivity index (χ1v) is 10.0. The number of aliphatic hydroxyl groups is 1. The fourth-order valence-corrected chi connectivity index (χ4v) is 4.32. The molecule has 1 aliphatic rings. The highest BCUT2D eigenvalue weighted by atomic mass is 35.5. The number of nitrogens with zero attached hydrogens (tertiary/aromatic N) is 4. The minimum atomic E-state index is -0.822. The number of methoxy groups -OCH3 is 2. The van der Waals surface area contributed by atoms with Gasteiger partial charge >= 0.3 is 0 Å². The standard InChI is InChI=1S/C20H21Cl2N5O3/c1-20(28)4-5-27(9-20)18-17-10(8-24-19(23)26-17)6-11(25-18)14-15(21)12(29-2)7-13(30-3)16(14)22/h6-8,28H,4-5,9H2,1-3H3,(H2,23,24,26). The molecule has 1 saturated heterocycles. The van der Waals surface area contributed by atoms with E-state index in [4.69, 9.17) is 43.4 Å². The molecule has 0 saturated carbocycles. The largest absolute Gasteiger partial charge is 0.495 e. The van der Waals surface area contributed by atoms with E-state index < -0.39 is 5.60 Å².